The molecule has 1 fully saturated rings. The smallest absolute Gasteiger partial charge is 0.110 e. The summed E-state index contributed by atoms with van der Waals surface area (Å²) in [7, 11) is 0. The van der Waals surface area contributed by atoms with Gasteiger partial charge in [-0.15, -0.1) is 0 Å². The van der Waals surface area contributed by atoms with Crippen LogP contribution in [0.25, 0.3) is 0 Å². The third-order valence-electron chi connectivity index (χ3n) is 4.32. The van der Waals surface area contributed by atoms with E-state index in [1.54, 1.807) is 0 Å². The van der Waals surface area contributed by atoms with Gasteiger partial charge < -0.3 is 9.73 Å². The Balaban J connectivity index is 2.11. The SMILES string of the molecule is CC1(C2(C)NCCc3occc32)CC1. The molecule has 2 heteroatoms. The number of nitrogens with one attached hydrogen (secondary N) is 1. The van der Waals surface area contributed by atoms with Gasteiger partial charge in [-0.05, 0) is 31.2 Å². The molecule has 0 saturated heterocycles. The number of fused-ring (bicyclic) bond motifs is 1. The Morgan fingerprint density at radius 3 is 2.86 bits per heavy atom. The van der Waals surface area contributed by atoms with Gasteiger partial charge in [0.15, 0.2) is 0 Å². The van der Waals surface area contributed by atoms with Crippen LogP contribution in [0.4, 0.5) is 0 Å². The predicted molar refractivity (Wildman–Crippen MR) is 55.1 cm³/mol. The lowest BCUT2D eigenvalue weighted by Gasteiger charge is -2.40. The maximum Gasteiger partial charge on any atom is 0.110 e. The molecule has 1 N–H and O–H groups in total. The van der Waals surface area contributed by atoms with Gasteiger partial charge in [0, 0.05) is 24.1 Å². The van der Waals surface area contributed by atoms with Crippen LogP contribution >= 0.6 is 0 Å². The molecule has 1 aliphatic heterocycles. The summed E-state index contributed by atoms with van der Waals surface area (Å²) in [6, 6.07) is 2.14. The number of hydrogen-bond acceptors (Lipinski definition) is 2. The maximum atomic E-state index is 5.53. The topological polar surface area (TPSA) is 25.2 Å². The van der Waals surface area contributed by atoms with Crippen molar-refractivity contribution in [1.82, 2.24) is 5.32 Å². The quantitative estimate of drug-likeness (QED) is 0.737. The molecule has 1 unspecified atom stereocenters. The van der Waals surface area contributed by atoms with Gasteiger partial charge in [0.25, 0.3) is 0 Å². The van der Waals surface area contributed by atoms with Crippen LogP contribution in [0.5, 0.6) is 0 Å². The van der Waals surface area contributed by atoms with E-state index in [9.17, 15) is 0 Å². The summed E-state index contributed by atoms with van der Waals surface area (Å²) in [5.74, 6) is 1.19. The molecule has 1 saturated carbocycles. The minimum absolute atomic E-state index is 0.146. The summed E-state index contributed by atoms with van der Waals surface area (Å²) >= 11 is 0. The van der Waals surface area contributed by atoms with Crippen LogP contribution < -0.4 is 5.32 Å². The van der Waals surface area contributed by atoms with Crippen LogP contribution in [0, 0.1) is 5.41 Å². The van der Waals surface area contributed by atoms with Gasteiger partial charge in [-0.1, -0.05) is 6.92 Å². The van der Waals surface area contributed by atoms with Crippen molar-refractivity contribution in [2.75, 3.05) is 6.54 Å². The van der Waals surface area contributed by atoms with E-state index in [4.69, 9.17) is 4.42 Å². The van der Waals surface area contributed by atoms with Crippen molar-refractivity contribution in [2.24, 2.45) is 5.41 Å². The summed E-state index contributed by atoms with van der Waals surface area (Å²) < 4.78 is 5.53. The van der Waals surface area contributed by atoms with Gasteiger partial charge in [0.2, 0.25) is 0 Å². The second-order valence-corrected chi connectivity index (χ2v) is 5.12. The van der Waals surface area contributed by atoms with Crippen LogP contribution in [0.1, 0.15) is 38.0 Å². The molecule has 0 spiro atoms. The van der Waals surface area contributed by atoms with Crippen molar-refractivity contribution in [2.45, 2.75) is 38.6 Å². The molecule has 0 bridgehead atoms. The molecular formula is C12H17NO. The molecule has 0 aromatic carbocycles. The highest BCUT2D eigenvalue weighted by molar-refractivity contribution is 5.33. The normalized spacial score (nSPS) is 33.9. The second-order valence-electron chi connectivity index (χ2n) is 5.12. The molecule has 2 aliphatic rings. The van der Waals surface area contributed by atoms with Gasteiger partial charge in [0.05, 0.1) is 6.26 Å². The Bertz CT molecular complexity index is 364. The van der Waals surface area contributed by atoms with E-state index in [1.807, 2.05) is 6.26 Å². The average molecular weight is 191 g/mol. The Morgan fingerprint density at radius 2 is 2.14 bits per heavy atom. The Kier molecular flexibility index (Phi) is 1.48. The fourth-order valence-electron chi connectivity index (χ4n) is 2.73. The number of rotatable bonds is 1. The maximum absolute atomic E-state index is 5.53. The van der Waals surface area contributed by atoms with Crippen LogP contribution in [0.2, 0.25) is 0 Å². The molecule has 14 heavy (non-hydrogen) atoms. The molecular weight excluding hydrogens is 174 g/mol. The molecule has 76 valence electrons. The first kappa shape index (κ1) is 8.54. The van der Waals surface area contributed by atoms with Gasteiger partial charge in [0.1, 0.15) is 5.76 Å². The summed E-state index contributed by atoms with van der Waals surface area (Å²) in [5.41, 5.74) is 1.99. The fraction of sp³-hybridized carbons (Fsp3) is 0.667. The summed E-state index contributed by atoms with van der Waals surface area (Å²) in [6.07, 6.45) is 5.54. The van der Waals surface area contributed by atoms with E-state index < -0.39 is 0 Å². The van der Waals surface area contributed by atoms with Gasteiger partial charge in [-0.2, -0.15) is 0 Å². The largest absolute Gasteiger partial charge is 0.469 e. The van der Waals surface area contributed by atoms with Crippen molar-refractivity contribution in [1.29, 1.82) is 0 Å². The third kappa shape index (κ3) is 0.897. The van der Waals surface area contributed by atoms with E-state index in [-0.39, 0.29) is 5.54 Å². The molecule has 2 nitrogen and oxygen atoms in total. The minimum atomic E-state index is 0.146. The Hall–Kier alpha value is -0.760. The van der Waals surface area contributed by atoms with Gasteiger partial charge >= 0.3 is 0 Å². The lowest BCUT2D eigenvalue weighted by Crippen LogP contribution is -2.50. The monoisotopic (exact) mass is 191 g/mol. The predicted octanol–water partition coefficient (Wildman–Crippen LogP) is 2.44. The van der Waals surface area contributed by atoms with Crippen LogP contribution in [-0.4, -0.2) is 6.54 Å². The molecule has 1 aromatic rings. The summed E-state index contributed by atoms with van der Waals surface area (Å²) in [6.45, 7) is 5.75. The van der Waals surface area contributed by atoms with Crippen molar-refractivity contribution in [3.05, 3.63) is 23.7 Å². The van der Waals surface area contributed by atoms with Crippen LogP contribution in [-0.2, 0) is 12.0 Å². The van der Waals surface area contributed by atoms with Gasteiger partial charge in [-0.25, -0.2) is 0 Å². The zero-order valence-corrected chi connectivity index (χ0v) is 8.89. The molecule has 2 heterocycles. The average Bonchev–Trinajstić information content (AvgIpc) is 2.76. The van der Waals surface area contributed by atoms with E-state index in [0.717, 1.165) is 13.0 Å². The van der Waals surface area contributed by atoms with Crippen molar-refractivity contribution in [3.63, 3.8) is 0 Å². The fourth-order valence-corrected chi connectivity index (χ4v) is 2.73. The first-order valence-corrected chi connectivity index (χ1v) is 5.48. The van der Waals surface area contributed by atoms with Crippen LogP contribution in [0.15, 0.2) is 16.7 Å². The molecule has 0 amide bonds. The third-order valence-corrected chi connectivity index (χ3v) is 4.32. The van der Waals surface area contributed by atoms with Crippen molar-refractivity contribution < 1.29 is 4.42 Å². The molecule has 1 atom stereocenters. The van der Waals surface area contributed by atoms with Crippen molar-refractivity contribution in [3.8, 4) is 0 Å². The van der Waals surface area contributed by atoms with Crippen molar-refractivity contribution >= 4 is 0 Å². The minimum Gasteiger partial charge on any atom is -0.469 e. The van der Waals surface area contributed by atoms with E-state index >= 15 is 0 Å². The lowest BCUT2D eigenvalue weighted by molar-refractivity contribution is 0.208. The highest BCUT2D eigenvalue weighted by Gasteiger charge is 2.55. The summed E-state index contributed by atoms with van der Waals surface area (Å²) in [4.78, 5) is 0. The highest BCUT2D eigenvalue weighted by Crippen LogP contribution is 2.59. The second kappa shape index (κ2) is 2.43. The molecule has 1 aliphatic carbocycles. The molecule has 1 aromatic heterocycles. The number of furan rings is 1. The van der Waals surface area contributed by atoms with E-state index in [0.29, 0.717) is 5.41 Å². The first-order valence-electron chi connectivity index (χ1n) is 5.48. The zero-order chi connectivity index (χ0) is 9.81. The highest BCUT2D eigenvalue weighted by atomic mass is 16.3. The molecule has 0 radical (unpaired) electrons. The Morgan fingerprint density at radius 1 is 1.36 bits per heavy atom. The Labute approximate surface area is 84.7 Å². The summed E-state index contributed by atoms with van der Waals surface area (Å²) in [5, 5.41) is 3.68. The zero-order valence-electron chi connectivity index (χ0n) is 8.89. The van der Waals surface area contributed by atoms with E-state index in [2.05, 4.69) is 25.2 Å². The first-order chi connectivity index (χ1) is 6.66. The lowest BCUT2D eigenvalue weighted by atomic mass is 9.76. The van der Waals surface area contributed by atoms with E-state index in [1.165, 1.54) is 24.2 Å². The van der Waals surface area contributed by atoms with Gasteiger partial charge in [-0.3, -0.25) is 0 Å². The van der Waals surface area contributed by atoms with Crippen LogP contribution in [0.3, 0.4) is 0 Å². The molecule has 3 rings (SSSR count). The number of hydrogen-bond donors (Lipinski definition) is 1. The standard InChI is InChI=1S/C12H17NO/c1-11(5-6-11)12(2)9-4-8-14-10(9)3-7-13-12/h4,8,13H,3,5-7H2,1-2H3.